The molecule has 1 rings (SSSR count). The number of rotatable bonds is 4. The van der Waals surface area contributed by atoms with Crippen LogP contribution in [-0.2, 0) is 4.79 Å². The quantitative estimate of drug-likeness (QED) is 0.858. The fraction of sp³-hybridized carbons (Fsp3) is 0.923. The van der Waals surface area contributed by atoms with Gasteiger partial charge in [-0.2, -0.15) is 0 Å². The fourth-order valence-electron chi connectivity index (χ4n) is 2.16. The Hall–Kier alpha value is -0.0300. The molecule has 1 amide bonds. The number of nitrogens with two attached hydrogens (primary N) is 1. The van der Waals surface area contributed by atoms with Gasteiger partial charge >= 0.3 is 0 Å². The number of hydrogen-bond acceptors (Lipinski definition) is 3. The van der Waals surface area contributed by atoms with E-state index in [1.54, 1.807) is 0 Å². The molecule has 0 spiro atoms. The van der Waals surface area contributed by atoms with Gasteiger partial charge in [0.05, 0.1) is 6.04 Å². The van der Waals surface area contributed by atoms with E-state index in [0.717, 1.165) is 32.7 Å². The maximum Gasteiger partial charge on any atom is 0.239 e. The van der Waals surface area contributed by atoms with Crippen molar-refractivity contribution >= 4 is 30.7 Å². The van der Waals surface area contributed by atoms with Crippen LogP contribution in [0.5, 0.6) is 0 Å². The molecule has 1 fully saturated rings. The molecule has 0 bridgehead atoms. The summed E-state index contributed by atoms with van der Waals surface area (Å²) < 4.78 is 0. The van der Waals surface area contributed by atoms with Crippen molar-refractivity contribution in [2.24, 2.45) is 17.6 Å². The number of nitrogens with zero attached hydrogens (tertiary/aromatic N) is 2. The number of halogens is 2. The monoisotopic (exact) mass is 313 g/mol. The highest BCUT2D eigenvalue weighted by atomic mass is 35.5. The summed E-state index contributed by atoms with van der Waals surface area (Å²) in [5, 5.41) is 0. The molecule has 1 aliphatic heterocycles. The van der Waals surface area contributed by atoms with E-state index in [4.69, 9.17) is 5.73 Å². The molecule has 0 aliphatic carbocycles. The number of carbonyl (C=O) groups is 1. The van der Waals surface area contributed by atoms with Crippen molar-refractivity contribution < 1.29 is 4.79 Å². The molecule has 1 atom stereocenters. The predicted octanol–water partition coefficient (Wildman–Crippen LogP) is 1.61. The Morgan fingerprint density at radius 2 is 1.53 bits per heavy atom. The van der Waals surface area contributed by atoms with Gasteiger partial charge in [0.25, 0.3) is 0 Å². The number of hydrogen-bond donors (Lipinski definition) is 1. The fourth-order valence-corrected chi connectivity index (χ4v) is 2.16. The Labute approximate surface area is 129 Å². The van der Waals surface area contributed by atoms with Gasteiger partial charge in [0.1, 0.15) is 0 Å². The van der Waals surface area contributed by atoms with Gasteiger partial charge < -0.3 is 10.6 Å². The van der Waals surface area contributed by atoms with E-state index in [0.29, 0.717) is 5.92 Å². The van der Waals surface area contributed by atoms with Crippen molar-refractivity contribution in [1.82, 2.24) is 9.80 Å². The van der Waals surface area contributed by atoms with Gasteiger partial charge in [-0.3, -0.25) is 9.69 Å². The van der Waals surface area contributed by atoms with Crippen molar-refractivity contribution in [2.45, 2.75) is 33.7 Å². The van der Waals surface area contributed by atoms with Crippen LogP contribution < -0.4 is 5.73 Å². The molecule has 6 heteroatoms. The molecule has 0 aromatic rings. The zero-order chi connectivity index (χ0) is 13.0. The molecule has 1 unspecified atom stereocenters. The first-order valence-electron chi connectivity index (χ1n) is 6.68. The summed E-state index contributed by atoms with van der Waals surface area (Å²) in [4.78, 5) is 16.4. The van der Waals surface area contributed by atoms with Gasteiger partial charge in [0.2, 0.25) is 5.91 Å². The third-order valence-electron chi connectivity index (χ3n) is 3.31. The molecule has 1 saturated heterocycles. The minimum absolute atomic E-state index is 0. The van der Waals surface area contributed by atoms with Crippen LogP contribution in [0.2, 0.25) is 0 Å². The first kappa shape index (κ1) is 21.3. The molecule has 0 saturated carbocycles. The van der Waals surface area contributed by atoms with Crippen molar-refractivity contribution in [3.63, 3.8) is 0 Å². The lowest BCUT2D eigenvalue weighted by atomic mass is 10.0. The second-order valence-corrected chi connectivity index (χ2v) is 5.79. The van der Waals surface area contributed by atoms with E-state index >= 15 is 0 Å². The summed E-state index contributed by atoms with van der Waals surface area (Å²) in [5.41, 5.74) is 5.90. The average molecular weight is 314 g/mol. The maximum absolute atomic E-state index is 12.1. The van der Waals surface area contributed by atoms with Gasteiger partial charge in [-0.1, -0.05) is 27.7 Å². The van der Waals surface area contributed by atoms with E-state index in [-0.39, 0.29) is 42.7 Å². The molecule has 1 heterocycles. The van der Waals surface area contributed by atoms with Crippen LogP contribution in [0.3, 0.4) is 0 Å². The normalized spacial score (nSPS) is 17.9. The van der Waals surface area contributed by atoms with Gasteiger partial charge in [-0.15, -0.1) is 24.8 Å². The number of piperazine rings is 1. The molecule has 4 nitrogen and oxygen atoms in total. The minimum Gasteiger partial charge on any atom is -0.339 e. The number of carbonyl (C=O) groups excluding carboxylic acids is 1. The van der Waals surface area contributed by atoms with E-state index in [2.05, 4.69) is 18.7 Å². The molecule has 1 aliphatic rings. The Morgan fingerprint density at radius 3 is 1.89 bits per heavy atom. The van der Waals surface area contributed by atoms with Crippen LogP contribution in [-0.4, -0.2) is 54.5 Å². The molecule has 0 aromatic heterocycles. The topological polar surface area (TPSA) is 49.6 Å². The maximum atomic E-state index is 12.1. The minimum atomic E-state index is -0.341. The molecule has 116 valence electrons. The summed E-state index contributed by atoms with van der Waals surface area (Å²) in [6.45, 7) is 13.2. The summed E-state index contributed by atoms with van der Waals surface area (Å²) in [7, 11) is 0. The van der Waals surface area contributed by atoms with E-state index in [1.807, 2.05) is 18.7 Å². The van der Waals surface area contributed by atoms with Crippen LogP contribution in [0.25, 0.3) is 0 Å². The Balaban J connectivity index is 0. The summed E-state index contributed by atoms with van der Waals surface area (Å²) >= 11 is 0. The molecule has 2 N–H and O–H groups in total. The van der Waals surface area contributed by atoms with Crippen molar-refractivity contribution in [1.29, 1.82) is 0 Å². The molecular weight excluding hydrogens is 285 g/mol. The standard InChI is InChI=1S/C13H27N3O.2ClH/c1-10(2)9-15-5-7-16(8-6-15)13(17)12(14)11(3)4;;/h10-12H,5-9,14H2,1-4H3;2*1H. The third-order valence-corrected chi connectivity index (χ3v) is 3.31. The molecule has 0 aromatic carbocycles. The first-order valence-corrected chi connectivity index (χ1v) is 6.68. The third kappa shape index (κ3) is 6.80. The van der Waals surface area contributed by atoms with Gasteiger partial charge in [0.15, 0.2) is 0 Å². The predicted molar refractivity (Wildman–Crippen MR) is 85.2 cm³/mol. The lowest BCUT2D eigenvalue weighted by molar-refractivity contribution is -0.135. The van der Waals surface area contributed by atoms with Gasteiger partial charge in [0, 0.05) is 32.7 Å². The smallest absolute Gasteiger partial charge is 0.239 e. The molecular formula is C13H29Cl2N3O. The van der Waals surface area contributed by atoms with Crippen molar-refractivity contribution in [3.05, 3.63) is 0 Å². The lowest BCUT2D eigenvalue weighted by Crippen LogP contribution is -2.54. The van der Waals surface area contributed by atoms with E-state index in [1.165, 1.54) is 0 Å². The van der Waals surface area contributed by atoms with Gasteiger partial charge in [-0.05, 0) is 11.8 Å². The van der Waals surface area contributed by atoms with Crippen LogP contribution in [0.15, 0.2) is 0 Å². The lowest BCUT2D eigenvalue weighted by Gasteiger charge is -2.37. The van der Waals surface area contributed by atoms with Crippen LogP contribution >= 0.6 is 24.8 Å². The van der Waals surface area contributed by atoms with E-state index < -0.39 is 0 Å². The van der Waals surface area contributed by atoms with Crippen molar-refractivity contribution in [3.8, 4) is 0 Å². The summed E-state index contributed by atoms with van der Waals surface area (Å²) in [5.74, 6) is 1.02. The Bertz CT molecular complexity index is 254. The zero-order valence-electron chi connectivity index (χ0n) is 12.5. The average Bonchev–Trinajstić information content (AvgIpc) is 2.27. The molecule has 19 heavy (non-hydrogen) atoms. The van der Waals surface area contributed by atoms with Crippen molar-refractivity contribution in [2.75, 3.05) is 32.7 Å². The Morgan fingerprint density at radius 1 is 1.05 bits per heavy atom. The second-order valence-electron chi connectivity index (χ2n) is 5.79. The summed E-state index contributed by atoms with van der Waals surface area (Å²) in [6.07, 6.45) is 0. The highest BCUT2D eigenvalue weighted by molar-refractivity contribution is 5.85. The second kappa shape index (κ2) is 9.81. The van der Waals surface area contributed by atoms with Crippen LogP contribution in [0.4, 0.5) is 0 Å². The SMILES string of the molecule is CC(C)CN1CCN(C(=O)C(N)C(C)C)CC1.Cl.Cl. The highest BCUT2D eigenvalue weighted by Crippen LogP contribution is 2.09. The zero-order valence-corrected chi connectivity index (χ0v) is 14.1. The first-order chi connectivity index (χ1) is 7.91. The van der Waals surface area contributed by atoms with Crippen LogP contribution in [0.1, 0.15) is 27.7 Å². The van der Waals surface area contributed by atoms with Crippen LogP contribution in [0, 0.1) is 11.8 Å². The largest absolute Gasteiger partial charge is 0.339 e. The number of amides is 1. The highest BCUT2D eigenvalue weighted by Gasteiger charge is 2.26. The van der Waals surface area contributed by atoms with E-state index in [9.17, 15) is 4.79 Å². The summed E-state index contributed by atoms with van der Waals surface area (Å²) in [6, 6.07) is -0.341. The Kier molecular flexibility index (Phi) is 11.0. The van der Waals surface area contributed by atoms with Gasteiger partial charge in [-0.25, -0.2) is 0 Å². The molecule has 0 radical (unpaired) electrons.